The summed E-state index contributed by atoms with van der Waals surface area (Å²) >= 11 is 0. The fourth-order valence-electron chi connectivity index (χ4n) is 1.84. The number of rotatable bonds is 11. The number of aliphatic hydroxyl groups excluding tert-OH is 1. The lowest BCUT2D eigenvalue weighted by Gasteiger charge is -2.30. The van der Waals surface area contributed by atoms with Crippen molar-refractivity contribution in [3.05, 3.63) is 0 Å². The van der Waals surface area contributed by atoms with Crippen molar-refractivity contribution in [3.8, 4) is 0 Å². The first-order valence-electron chi connectivity index (χ1n) is 6.21. The minimum Gasteiger partial charge on any atom is -0.394 e. The molecule has 0 saturated heterocycles. The average molecular weight is 233 g/mol. The monoisotopic (exact) mass is 233 g/mol. The molecule has 1 N–H and O–H groups in total. The van der Waals surface area contributed by atoms with Crippen molar-refractivity contribution in [2.24, 2.45) is 0 Å². The molecule has 0 heterocycles. The zero-order chi connectivity index (χ0) is 12.2. The summed E-state index contributed by atoms with van der Waals surface area (Å²) in [5.74, 6) is 0. The molecule has 0 radical (unpaired) electrons. The van der Waals surface area contributed by atoms with E-state index in [-0.39, 0.29) is 6.61 Å². The largest absolute Gasteiger partial charge is 0.394 e. The van der Waals surface area contributed by atoms with Crippen LogP contribution in [0.2, 0.25) is 0 Å². The van der Waals surface area contributed by atoms with Gasteiger partial charge >= 0.3 is 0 Å². The molecule has 4 heteroatoms. The molecule has 0 spiro atoms. The quantitative estimate of drug-likeness (QED) is 0.543. The molecule has 0 aromatic carbocycles. The molecule has 0 aliphatic rings. The van der Waals surface area contributed by atoms with Gasteiger partial charge in [-0.15, -0.1) is 0 Å². The molecule has 0 unspecified atom stereocenters. The molecule has 0 aromatic heterocycles. The van der Waals surface area contributed by atoms with Gasteiger partial charge in [0.1, 0.15) is 0 Å². The van der Waals surface area contributed by atoms with Crippen molar-refractivity contribution < 1.29 is 14.6 Å². The fraction of sp³-hybridized carbons (Fsp3) is 1.00. The standard InChI is InChI=1S/C12H27NO3/c1-4-12(5-2)13(6-9-15-3)7-10-16-11-8-14/h12,14H,4-11H2,1-3H3. The van der Waals surface area contributed by atoms with Gasteiger partial charge in [0.25, 0.3) is 0 Å². The van der Waals surface area contributed by atoms with E-state index in [0.29, 0.717) is 19.3 Å². The minimum atomic E-state index is 0.100. The molecule has 4 nitrogen and oxygen atoms in total. The van der Waals surface area contributed by atoms with E-state index in [1.54, 1.807) is 7.11 Å². The van der Waals surface area contributed by atoms with E-state index >= 15 is 0 Å². The van der Waals surface area contributed by atoms with Crippen LogP contribution in [-0.4, -0.2) is 62.7 Å². The summed E-state index contributed by atoms with van der Waals surface area (Å²) in [5.41, 5.74) is 0. The molecular weight excluding hydrogens is 206 g/mol. The van der Waals surface area contributed by atoms with Gasteiger partial charge in [0.15, 0.2) is 0 Å². The zero-order valence-corrected chi connectivity index (χ0v) is 10.9. The van der Waals surface area contributed by atoms with Crippen molar-refractivity contribution in [1.29, 1.82) is 0 Å². The lowest BCUT2D eigenvalue weighted by Crippen LogP contribution is -2.39. The maximum atomic E-state index is 8.62. The van der Waals surface area contributed by atoms with Crippen LogP contribution in [0.3, 0.4) is 0 Å². The third-order valence-electron chi connectivity index (χ3n) is 2.80. The van der Waals surface area contributed by atoms with Gasteiger partial charge in [-0.25, -0.2) is 0 Å². The molecule has 16 heavy (non-hydrogen) atoms. The number of methoxy groups -OCH3 is 1. The topological polar surface area (TPSA) is 41.9 Å². The van der Waals surface area contributed by atoms with E-state index in [2.05, 4.69) is 18.7 Å². The minimum absolute atomic E-state index is 0.100. The predicted molar refractivity (Wildman–Crippen MR) is 65.7 cm³/mol. The zero-order valence-electron chi connectivity index (χ0n) is 10.9. The van der Waals surface area contributed by atoms with Crippen molar-refractivity contribution in [3.63, 3.8) is 0 Å². The third kappa shape index (κ3) is 7.17. The summed E-state index contributed by atoms with van der Waals surface area (Å²) in [6, 6.07) is 0.605. The Bertz CT molecular complexity index is 140. The van der Waals surface area contributed by atoms with Gasteiger partial charge in [-0.05, 0) is 12.8 Å². The summed E-state index contributed by atoms with van der Waals surface area (Å²) in [6.45, 7) is 8.26. The Hall–Kier alpha value is -0.160. The molecular formula is C12H27NO3. The second-order valence-electron chi connectivity index (χ2n) is 3.84. The van der Waals surface area contributed by atoms with Crippen LogP contribution in [0.4, 0.5) is 0 Å². The van der Waals surface area contributed by atoms with Crippen molar-refractivity contribution in [2.75, 3.05) is 46.6 Å². The normalized spacial score (nSPS) is 11.6. The van der Waals surface area contributed by atoms with Crippen LogP contribution in [0, 0.1) is 0 Å². The summed E-state index contributed by atoms with van der Waals surface area (Å²) in [5, 5.41) is 8.62. The van der Waals surface area contributed by atoms with E-state index in [4.69, 9.17) is 14.6 Å². The highest BCUT2D eigenvalue weighted by atomic mass is 16.5. The summed E-state index contributed by atoms with van der Waals surface area (Å²) < 4.78 is 10.4. The summed E-state index contributed by atoms with van der Waals surface area (Å²) in [6.07, 6.45) is 2.31. The molecule has 0 rings (SSSR count). The number of nitrogens with zero attached hydrogens (tertiary/aromatic N) is 1. The van der Waals surface area contributed by atoms with Crippen LogP contribution in [0.1, 0.15) is 26.7 Å². The smallest absolute Gasteiger partial charge is 0.0698 e. The first kappa shape index (κ1) is 15.8. The Morgan fingerprint density at radius 3 is 2.19 bits per heavy atom. The van der Waals surface area contributed by atoms with Gasteiger partial charge in [0, 0.05) is 26.2 Å². The number of aliphatic hydroxyl groups is 1. The highest BCUT2D eigenvalue weighted by Gasteiger charge is 2.14. The van der Waals surface area contributed by atoms with Gasteiger partial charge in [-0.1, -0.05) is 13.8 Å². The van der Waals surface area contributed by atoms with Crippen molar-refractivity contribution in [2.45, 2.75) is 32.7 Å². The summed E-state index contributed by atoms with van der Waals surface area (Å²) in [7, 11) is 1.73. The van der Waals surface area contributed by atoms with E-state index < -0.39 is 0 Å². The van der Waals surface area contributed by atoms with Gasteiger partial charge in [-0.3, -0.25) is 4.90 Å². The Balaban J connectivity index is 3.88. The molecule has 0 atom stereocenters. The van der Waals surface area contributed by atoms with Crippen LogP contribution >= 0.6 is 0 Å². The molecule has 0 aliphatic heterocycles. The van der Waals surface area contributed by atoms with Gasteiger partial charge in [0.05, 0.1) is 26.4 Å². The van der Waals surface area contributed by atoms with E-state index in [1.807, 2.05) is 0 Å². The number of hydrogen-bond donors (Lipinski definition) is 1. The van der Waals surface area contributed by atoms with Crippen LogP contribution in [0.5, 0.6) is 0 Å². The second kappa shape index (κ2) is 11.3. The molecule has 0 aliphatic carbocycles. The van der Waals surface area contributed by atoms with Crippen LogP contribution in [-0.2, 0) is 9.47 Å². The second-order valence-corrected chi connectivity index (χ2v) is 3.84. The van der Waals surface area contributed by atoms with Crippen LogP contribution < -0.4 is 0 Å². The molecule has 0 fully saturated rings. The first-order valence-corrected chi connectivity index (χ1v) is 6.21. The van der Waals surface area contributed by atoms with Gasteiger partial charge in [-0.2, -0.15) is 0 Å². The van der Waals surface area contributed by atoms with E-state index in [1.165, 1.54) is 0 Å². The van der Waals surface area contributed by atoms with E-state index in [9.17, 15) is 0 Å². The first-order chi connectivity index (χ1) is 7.79. The lowest BCUT2D eigenvalue weighted by molar-refractivity contribution is 0.0506. The predicted octanol–water partition coefficient (Wildman–Crippen LogP) is 1.13. The van der Waals surface area contributed by atoms with E-state index in [0.717, 1.165) is 32.5 Å². The molecule has 98 valence electrons. The Kier molecular flexibility index (Phi) is 11.2. The molecule has 0 amide bonds. The van der Waals surface area contributed by atoms with Gasteiger partial charge in [0.2, 0.25) is 0 Å². The Morgan fingerprint density at radius 1 is 1.06 bits per heavy atom. The van der Waals surface area contributed by atoms with Crippen LogP contribution in [0.15, 0.2) is 0 Å². The highest BCUT2D eigenvalue weighted by Crippen LogP contribution is 2.07. The Labute approximate surface area is 99.5 Å². The molecule has 0 bridgehead atoms. The number of hydrogen-bond acceptors (Lipinski definition) is 4. The van der Waals surface area contributed by atoms with Crippen molar-refractivity contribution in [1.82, 2.24) is 4.90 Å². The van der Waals surface area contributed by atoms with Gasteiger partial charge < -0.3 is 14.6 Å². The fourth-order valence-corrected chi connectivity index (χ4v) is 1.84. The highest BCUT2D eigenvalue weighted by molar-refractivity contribution is 4.68. The maximum Gasteiger partial charge on any atom is 0.0698 e. The van der Waals surface area contributed by atoms with Crippen molar-refractivity contribution >= 4 is 0 Å². The number of ether oxygens (including phenoxy) is 2. The lowest BCUT2D eigenvalue weighted by atomic mass is 10.1. The average Bonchev–Trinajstić information content (AvgIpc) is 2.31. The molecule has 0 saturated carbocycles. The maximum absolute atomic E-state index is 8.62. The van der Waals surface area contributed by atoms with Crippen LogP contribution in [0.25, 0.3) is 0 Å². The SMILES string of the molecule is CCC(CC)N(CCOC)CCOCCO. The summed E-state index contributed by atoms with van der Waals surface area (Å²) in [4.78, 5) is 2.40. The third-order valence-corrected chi connectivity index (χ3v) is 2.80. The Morgan fingerprint density at radius 2 is 1.69 bits per heavy atom. The molecule has 0 aromatic rings.